The van der Waals surface area contributed by atoms with E-state index < -0.39 is 10.0 Å². The molecule has 4 rings (SSSR count). The number of piperazine rings is 1. The Hall–Kier alpha value is -2.42. The first-order chi connectivity index (χ1) is 16.8. The molecule has 186 valence electrons. The number of methoxy groups -OCH3 is 1. The molecule has 0 saturated carbocycles. The predicted octanol–water partition coefficient (Wildman–Crippen LogP) is 4.92. The van der Waals surface area contributed by atoms with E-state index in [0.29, 0.717) is 44.4 Å². The third-order valence-electron chi connectivity index (χ3n) is 6.23. The number of nitrogens with zero attached hydrogens (tertiary/aromatic N) is 2. The fourth-order valence-electron chi connectivity index (χ4n) is 4.14. The molecule has 1 heterocycles. The molecule has 8 heteroatoms. The van der Waals surface area contributed by atoms with Crippen LogP contribution in [0.5, 0.6) is 5.75 Å². The quantitative estimate of drug-likeness (QED) is 0.405. The van der Waals surface area contributed by atoms with Gasteiger partial charge in [-0.25, -0.2) is 8.42 Å². The zero-order valence-electron chi connectivity index (χ0n) is 20.1. The second kappa shape index (κ2) is 11.5. The fourth-order valence-corrected chi connectivity index (χ4v) is 5.86. The lowest BCUT2D eigenvalue weighted by molar-refractivity contribution is 0.00762. The molecule has 0 spiro atoms. The number of hydrogen-bond donors (Lipinski definition) is 0. The van der Waals surface area contributed by atoms with Crippen LogP contribution in [0.2, 0.25) is 5.02 Å². The van der Waals surface area contributed by atoms with Crippen LogP contribution in [0, 0.1) is 6.92 Å². The third-order valence-corrected chi connectivity index (χ3v) is 8.36. The Morgan fingerprint density at radius 3 is 2.34 bits per heavy atom. The minimum absolute atomic E-state index is 0.178. The Balaban J connectivity index is 1.43. The summed E-state index contributed by atoms with van der Waals surface area (Å²) in [4.78, 5) is 2.48. The maximum absolute atomic E-state index is 13.1. The van der Waals surface area contributed by atoms with Crippen molar-refractivity contribution in [2.24, 2.45) is 0 Å². The van der Waals surface area contributed by atoms with Gasteiger partial charge in [0.1, 0.15) is 5.75 Å². The highest BCUT2D eigenvalue weighted by molar-refractivity contribution is 7.89. The van der Waals surface area contributed by atoms with Crippen molar-refractivity contribution in [3.63, 3.8) is 0 Å². The molecule has 1 fully saturated rings. The standard InChI is InChI=1S/C27H31ClN2O4S/c1-21-9-11-22(12-10-21)20-34-27(23-5-3-7-25(17-23)33-2)19-29-13-15-30(16-14-29)35(31,32)26-8-4-6-24(28)18-26/h3-12,17-18,27H,13-16,19-20H2,1-2H3/t27-/m1/s1. The highest BCUT2D eigenvalue weighted by Crippen LogP contribution is 2.26. The number of benzene rings is 3. The SMILES string of the molecule is COc1cccc([C@@H](CN2CCN(S(=O)(=O)c3cccc(Cl)c3)CC2)OCc2ccc(C)cc2)c1. The van der Waals surface area contributed by atoms with Gasteiger partial charge >= 0.3 is 0 Å². The van der Waals surface area contributed by atoms with E-state index in [4.69, 9.17) is 21.1 Å². The van der Waals surface area contributed by atoms with E-state index in [1.807, 2.05) is 24.3 Å². The average molecular weight is 515 g/mol. The molecule has 35 heavy (non-hydrogen) atoms. The van der Waals surface area contributed by atoms with E-state index in [2.05, 4.69) is 36.1 Å². The van der Waals surface area contributed by atoms with E-state index in [-0.39, 0.29) is 11.0 Å². The maximum atomic E-state index is 13.1. The molecule has 0 aromatic heterocycles. The van der Waals surface area contributed by atoms with Crippen LogP contribution in [0.25, 0.3) is 0 Å². The molecule has 3 aromatic rings. The van der Waals surface area contributed by atoms with Crippen LogP contribution in [0.3, 0.4) is 0 Å². The van der Waals surface area contributed by atoms with Gasteiger partial charge in [-0.1, -0.05) is 59.6 Å². The van der Waals surface area contributed by atoms with Crippen LogP contribution in [0.1, 0.15) is 22.8 Å². The second-order valence-corrected chi connectivity index (χ2v) is 11.1. The Kier molecular flexibility index (Phi) is 8.46. The van der Waals surface area contributed by atoms with Gasteiger partial charge in [0, 0.05) is 37.7 Å². The molecule has 3 aromatic carbocycles. The van der Waals surface area contributed by atoms with E-state index >= 15 is 0 Å². The Labute approximate surface area is 213 Å². The molecular weight excluding hydrogens is 484 g/mol. The van der Waals surface area contributed by atoms with Crippen molar-refractivity contribution in [2.45, 2.75) is 24.5 Å². The van der Waals surface area contributed by atoms with Gasteiger partial charge < -0.3 is 9.47 Å². The zero-order chi connectivity index (χ0) is 24.8. The molecule has 0 unspecified atom stereocenters. The maximum Gasteiger partial charge on any atom is 0.243 e. The molecule has 1 aliphatic rings. The molecular formula is C27H31ClN2O4S. The summed E-state index contributed by atoms with van der Waals surface area (Å²) >= 11 is 6.02. The van der Waals surface area contributed by atoms with Crippen molar-refractivity contribution in [3.8, 4) is 5.75 Å². The van der Waals surface area contributed by atoms with E-state index in [1.54, 1.807) is 25.3 Å². The van der Waals surface area contributed by atoms with Crippen LogP contribution in [0.15, 0.2) is 77.7 Å². The van der Waals surface area contributed by atoms with Crippen molar-refractivity contribution >= 4 is 21.6 Å². The Morgan fingerprint density at radius 2 is 1.66 bits per heavy atom. The van der Waals surface area contributed by atoms with Gasteiger partial charge in [-0.3, -0.25) is 4.90 Å². The zero-order valence-corrected chi connectivity index (χ0v) is 21.6. The van der Waals surface area contributed by atoms with Crippen molar-refractivity contribution < 1.29 is 17.9 Å². The number of rotatable bonds is 9. The topological polar surface area (TPSA) is 59.1 Å². The summed E-state index contributed by atoms with van der Waals surface area (Å²) in [6.45, 7) is 5.28. The van der Waals surface area contributed by atoms with Crippen molar-refractivity contribution in [1.29, 1.82) is 0 Å². The first-order valence-corrected chi connectivity index (χ1v) is 13.5. The number of aryl methyl sites for hydroxylation is 1. The molecule has 0 radical (unpaired) electrons. The highest BCUT2D eigenvalue weighted by Gasteiger charge is 2.30. The average Bonchev–Trinajstić information content (AvgIpc) is 2.88. The molecule has 6 nitrogen and oxygen atoms in total. The summed E-state index contributed by atoms with van der Waals surface area (Å²) in [5.41, 5.74) is 3.36. The van der Waals surface area contributed by atoms with E-state index in [0.717, 1.165) is 16.9 Å². The van der Waals surface area contributed by atoms with Crippen LogP contribution in [0.4, 0.5) is 0 Å². The van der Waals surface area contributed by atoms with Gasteiger partial charge in [-0.05, 0) is 48.4 Å². The molecule has 0 aliphatic carbocycles. The van der Waals surface area contributed by atoms with Gasteiger partial charge in [-0.15, -0.1) is 0 Å². The van der Waals surface area contributed by atoms with Gasteiger partial charge in [-0.2, -0.15) is 4.31 Å². The third kappa shape index (κ3) is 6.63. The second-order valence-electron chi connectivity index (χ2n) is 8.72. The van der Waals surface area contributed by atoms with Crippen LogP contribution >= 0.6 is 11.6 Å². The lowest BCUT2D eigenvalue weighted by atomic mass is 10.1. The Morgan fingerprint density at radius 1 is 0.943 bits per heavy atom. The lowest BCUT2D eigenvalue weighted by Gasteiger charge is -2.36. The molecule has 0 amide bonds. The largest absolute Gasteiger partial charge is 0.497 e. The van der Waals surface area contributed by atoms with Crippen molar-refractivity contribution in [2.75, 3.05) is 39.8 Å². The summed E-state index contributed by atoms with van der Waals surface area (Å²) < 4.78 is 39.4. The minimum Gasteiger partial charge on any atom is -0.497 e. The fraction of sp³-hybridized carbons (Fsp3) is 0.333. The molecule has 0 N–H and O–H groups in total. The predicted molar refractivity (Wildman–Crippen MR) is 138 cm³/mol. The van der Waals surface area contributed by atoms with Gasteiger partial charge in [0.2, 0.25) is 10.0 Å². The van der Waals surface area contributed by atoms with Gasteiger partial charge in [0.15, 0.2) is 0 Å². The summed E-state index contributed by atoms with van der Waals surface area (Å²) in [5.74, 6) is 0.781. The van der Waals surface area contributed by atoms with E-state index in [9.17, 15) is 8.42 Å². The van der Waals surface area contributed by atoms with Gasteiger partial charge in [0.25, 0.3) is 0 Å². The van der Waals surface area contributed by atoms with Crippen molar-refractivity contribution in [3.05, 3.63) is 94.5 Å². The summed E-state index contributed by atoms with van der Waals surface area (Å²) in [7, 11) is -1.92. The molecule has 1 atom stereocenters. The Bertz CT molecular complexity index is 1230. The van der Waals surface area contributed by atoms with Crippen LogP contribution in [-0.2, 0) is 21.4 Å². The summed E-state index contributed by atoms with van der Waals surface area (Å²) in [6, 6.07) is 22.7. The van der Waals surface area contributed by atoms with Crippen LogP contribution < -0.4 is 4.74 Å². The first-order valence-electron chi connectivity index (χ1n) is 11.6. The monoisotopic (exact) mass is 514 g/mol. The number of ether oxygens (including phenoxy) is 2. The molecule has 1 aliphatic heterocycles. The normalized spacial score (nSPS) is 16.2. The lowest BCUT2D eigenvalue weighted by Crippen LogP contribution is -2.49. The van der Waals surface area contributed by atoms with E-state index in [1.165, 1.54) is 15.9 Å². The first kappa shape index (κ1) is 25.7. The number of sulfonamides is 1. The smallest absolute Gasteiger partial charge is 0.243 e. The van der Waals surface area contributed by atoms with Crippen LogP contribution in [-0.4, -0.2) is 57.5 Å². The van der Waals surface area contributed by atoms with Crippen molar-refractivity contribution in [1.82, 2.24) is 9.21 Å². The molecule has 1 saturated heterocycles. The minimum atomic E-state index is -3.57. The number of hydrogen-bond acceptors (Lipinski definition) is 5. The summed E-state index contributed by atoms with van der Waals surface area (Å²) in [6.07, 6.45) is -0.178. The highest BCUT2D eigenvalue weighted by atomic mass is 35.5. The molecule has 0 bridgehead atoms. The number of halogens is 1. The summed E-state index contributed by atoms with van der Waals surface area (Å²) in [5, 5.41) is 0.413. The van der Waals surface area contributed by atoms with Gasteiger partial charge in [0.05, 0.1) is 24.7 Å².